The Hall–Kier alpha value is -0.850. The van der Waals surface area contributed by atoms with E-state index in [0.717, 1.165) is 63.2 Å². The molecule has 6 heteroatoms. The van der Waals surface area contributed by atoms with Gasteiger partial charge in [0.05, 0.1) is 6.54 Å². The Morgan fingerprint density at radius 1 is 1.16 bits per heavy atom. The third-order valence-electron chi connectivity index (χ3n) is 4.13. The van der Waals surface area contributed by atoms with Crippen molar-refractivity contribution in [2.45, 2.75) is 36.3 Å². The van der Waals surface area contributed by atoms with Gasteiger partial charge in [0.2, 0.25) is 0 Å². The molecule has 1 heterocycles. The molecule has 25 heavy (non-hydrogen) atoms. The van der Waals surface area contributed by atoms with Gasteiger partial charge < -0.3 is 15.4 Å². The van der Waals surface area contributed by atoms with Crippen molar-refractivity contribution in [3.8, 4) is 0 Å². The Bertz CT molecular complexity index is 499. The van der Waals surface area contributed by atoms with Gasteiger partial charge in [0, 0.05) is 41.7 Å². The van der Waals surface area contributed by atoms with E-state index in [-0.39, 0.29) is 4.75 Å². The van der Waals surface area contributed by atoms with Crippen molar-refractivity contribution in [1.29, 1.82) is 0 Å². The van der Waals surface area contributed by atoms with Crippen LogP contribution in [0, 0.1) is 0 Å². The molecule has 1 aromatic rings. The van der Waals surface area contributed by atoms with Gasteiger partial charge in [0.25, 0.3) is 0 Å². The number of hydrogen-bond donors (Lipinski definition) is 2. The minimum absolute atomic E-state index is 0.244. The summed E-state index contributed by atoms with van der Waals surface area (Å²) in [5.74, 6) is 3.09. The maximum Gasteiger partial charge on any atom is 0.191 e. The van der Waals surface area contributed by atoms with Crippen LogP contribution < -0.4 is 10.6 Å². The van der Waals surface area contributed by atoms with Crippen LogP contribution in [0.1, 0.15) is 26.7 Å². The molecule has 0 atom stereocenters. The highest BCUT2D eigenvalue weighted by molar-refractivity contribution is 8.00. The van der Waals surface area contributed by atoms with Crippen molar-refractivity contribution < 1.29 is 4.74 Å². The first-order valence-electron chi connectivity index (χ1n) is 9.20. The maximum atomic E-state index is 5.55. The first kappa shape index (κ1) is 20.5. The molecule has 0 radical (unpaired) electrons. The van der Waals surface area contributed by atoms with E-state index in [9.17, 15) is 0 Å². The van der Waals surface area contributed by atoms with E-state index in [0.29, 0.717) is 0 Å². The second kappa shape index (κ2) is 11.7. The van der Waals surface area contributed by atoms with Crippen molar-refractivity contribution >= 4 is 29.5 Å². The molecule has 2 rings (SSSR count). The van der Waals surface area contributed by atoms with Crippen molar-refractivity contribution in [3.05, 3.63) is 30.3 Å². The maximum absolute atomic E-state index is 5.55. The van der Waals surface area contributed by atoms with Gasteiger partial charge in [-0.05, 0) is 37.7 Å². The van der Waals surface area contributed by atoms with Gasteiger partial charge in [0.1, 0.15) is 0 Å². The molecule has 0 aromatic heterocycles. The monoisotopic (exact) mass is 381 g/mol. The molecule has 1 aliphatic heterocycles. The zero-order valence-corrected chi connectivity index (χ0v) is 17.1. The van der Waals surface area contributed by atoms with Crippen molar-refractivity contribution in [1.82, 2.24) is 10.6 Å². The highest BCUT2D eigenvalue weighted by atomic mass is 32.2. The minimum atomic E-state index is 0.244. The number of thioether (sulfide) groups is 2. The summed E-state index contributed by atoms with van der Waals surface area (Å²) in [5.41, 5.74) is 0. The number of ether oxygens (including phenoxy) is 1. The zero-order valence-electron chi connectivity index (χ0n) is 15.4. The molecule has 4 nitrogen and oxygen atoms in total. The lowest BCUT2D eigenvalue weighted by atomic mass is 9.99. The quantitative estimate of drug-likeness (QED) is 0.296. The topological polar surface area (TPSA) is 45.7 Å². The van der Waals surface area contributed by atoms with Gasteiger partial charge in [-0.15, -0.1) is 11.8 Å². The third-order valence-corrected chi connectivity index (χ3v) is 6.58. The Kier molecular flexibility index (Phi) is 9.58. The average Bonchev–Trinajstić information content (AvgIpc) is 2.65. The summed E-state index contributed by atoms with van der Waals surface area (Å²) in [5, 5.41) is 6.84. The van der Waals surface area contributed by atoms with Crippen LogP contribution >= 0.6 is 23.5 Å². The lowest BCUT2D eigenvalue weighted by molar-refractivity contribution is 0.0793. The summed E-state index contributed by atoms with van der Waals surface area (Å²) >= 11 is 3.91. The molecule has 0 spiro atoms. The number of hydrogen-bond acceptors (Lipinski definition) is 4. The van der Waals surface area contributed by atoms with Crippen LogP contribution in [0.25, 0.3) is 0 Å². The third kappa shape index (κ3) is 7.50. The van der Waals surface area contributed by atoms with E-state index in [1.54, 1.807) is 0 Å². The van der Waals surface area contributed by atoms with Gasteiger partial charge in [-0.1, -0.05) is 25.1 Å². The normalized spacial score (nSPS) is 17.3. The Balaban J connectivity index is 1.82. The van der Waals surface area contributed by atoms with E-state index >= 15 is 0 Å². The van der Waals surface area contributed by atoms with E-state index in [1.165, 1.54) is 4.90 Å². The van der Waals surface area contributed by atoms with Crippen LogP contribution in [0.2, 0.25) is 0 Å². The van der Waals surface area contributed by atoms with Crippen LogP contribution in [-0.2, 0) is 4.74 Å². The lowest BCUT2D eigenvalue weighted by Gasteiger charge is -2.35. The van der Waals surface area contributed by atoms with E-state index in [2.05, 4.69) is 54.8 Å². The number of rotatable bonds is 9. The standard InChI is InChI=1S/C19H31N3OS2/c1-3-20-18(21-12-15-24-17-8-6-5-7-9-17)22-16-19(25-4-2)10-13-23-14-11-19/h5-9H,3-4,10-16H2,1-2H3,(H2,20,21,22). The molecule has 140 valence electrons. The predicted octanol–water partition coefficient (Wildman–Crippen LogP) is 3.64. The summed E-state index contributed by atoms with van der Waals surface area (Å²) in [6.45, 7) is 8.71. The van der Waals surface area contributed by atoms with Crippen LogP contribution in [0.15, 0.2) is 40.2 Å². The molecule has 0 amide bonds. The van der Waals surface area contributed by atoms with Gasteiger partial charge in [-0.2, -0.15) is 11.8 Å². The van der Waals surface area contributed by atoms with Crippen molar-refractivity contribution in [3.63, 3.8) is 0 Å². The summed E-state index contributed by atoms with van der Waals surface area (Å²) in [6, 6.07) is 10.5. The molecule has 1 aliphatic rings. The van der Waals surface area contributed by atoms with E-state index < -0.39 is 0 Å². The zero-order chi connectivity index (χ0) is 17.8. The Labute approximate surface area is 161 Å². The van der Waals surface area contributed by atoms with Crippen molar-refractivity contribution in [2.24, 2.45) is 4.99 Å². The fourth-order valence-corrected chi connectivity index (χ4v) is 4.83. The SMILES string of the molecule is CCNC(=NCC1(SCC)CCOCC1)NCCSc1ccccc1. The number of guanidine groups is 1. The Morgan fingerprint density at radius 2 is 1.92 bits per heavy atom. The van der Waals surface area contributed by atoms with Gasteiger partial charge in [-0.25, -0.2) is 0 Å². The minimum Gasteiger partial charge on any atom is -0.381 e. The van der Waals surface area contributed by atoms with Gasteiger partial charge in [0.15, 0.2) is 5.96 Å². The van der Waals surface area contributed by atoms with Crippen molar-refractivity contribution in [2.75, 3.05) is 44.4 Å². The second-order valence-corrected chi connectivity index (χ2v) is 8.91. The van der Waals surface area contributed by atoms with E-state index in [1.807, 2.05) is 23.5 Å². The number of nitrogens with one attached hydrogen (secondary N) is 2. The summed E-state index contributed by atoms with van der Waals surface area (Å²) < 4.78 is 5.80. The highest BCUT2D eigenvalue weighted by Gasteiger charge is 2.32. The van der Waals surface area contributed by atoms with E-state index in [4.69, 9.17) is 9.73 Å². The summed E-state index contributed by atoms with van der Waals surface area (Å²) in [7, 11) is 0. The molecular formula is C19H31N3OS2. The lowest BCUT2D eigenvalue weighted by Crippen LogP contribution is -2.41. The molecule has 1 fully saturated rings. The molecular weight excluding hydrogens is 350 g/mol. The van der Waals surface area contributed by atoms with Crippen LogP contribution in [0.5, 0.6) is 0 Å². The highest BCUT2D eigenvalue weighted by Crippen LogP contribution is 2.35. The smallest absolute Gasteiger partial charge is 0.191 e. The Morgan fingerprint density at radius 3 is 2.60 bits per heavy atom. The molecule has 0 saturated carbocycles. The molecule has 0 bridgehead atoms. The fraction of sp³-hybridized carbons (Fsp3) is 0.632. The molecule has 1 saturated heterocycles. The summed E-state index contributed by atoms with van der Waals surface area (Å²) in [4.78, 5) is 6.19. The van der Waals surface area contributed by atoms with Crippen LogP contribution in [0.4, 0.5) is 0 Å². The van der Waals surface area contributed by atoms with Crippen LogP contribution in [0.3, 0.4) is 0 Å². The molecule has 0 unspecified atom stereocenters. The summed E-state index contributed by atoms with van der Waals surface area (Å²) in [6.07, 6.45) is 2.19. The largest absolute Gasteiger partial charge is 0.381 e. The number of nitrogens with zero attached hydrogens (tertiary/aromatic N) is 1. The number of benzene rings is 1. The molecule has 0 aliphatic carbocycles. The van der Waals surface area contributed by atoms with Crippen LogP contribution in [-0.4, -0.2) is 55.1 Å². The molecule has 1 aromatic carbocycles. The van der Waals surface area contributed by atoms with Gasteiger partial charge in [-0.3, -0.25) is 4.99 Å². The average molecular weight is 382 g/mol. The first-order valence-corrected chi connectivity index (χ1v) is 11.2. The first-order chi connectivity index (χ1) is 12.3. The number of aliphatic imine (C=N–C) groups is 1. The predicted molar refractivity (Wildman–Crippen MR) is 112 cm³/mol. The van der Waals surface area contributed by atoms with Gasteiger partial charge >= 0.3 is 0 Å². The fourth-order valence-electron chi connectivity index (χ4n) is 2.82. The molecule has 2 N–H and O–H groups in total. The second-order valence-electron chi connectivity index (χ2n) is 6.01.